The van der Waals surface area contributed by atoms with Gasteiger partial charge >= 0.3 is 5.97 Å². The van der Waals surface area contributed by atoms with Crippen molar-refractivity contribution in [2.24, 2.45) is 5.11 Å². The molecule has 0 unspecified atom stereocenters. The molecule has 1 aromatic heterocycles. The van der Waals surface area contributed by atoms with E-state index in [1.807, 2.05) is 0 Å². The third-order valence-electron chi connectivity index (χ3n) is 1.36. The molecular formula is C7H6N4O2. The summed E-state index contributed by atoms with van der Waals surface area (Å²) >= 11 is 0. The minimum atomic E-state index is -1.07. The maximum Gasteiger partial charge on any atom is 0.354 e. The zero-order valence-electron chi connectivity index (χ0n) is 6.58. The van der Waals surface area contributed by atoms with Gasteiger partial charge in [0.15, 0.2) is 0 Å². The Hall–Kier alpha value is -2.07. The van der Waals surface area contributed by atoms with Gasteiger partial charge in [0, 0.05) is 11.1 Å². The van der Waals surface area contributed by atoms with E-state index in [9.17, 15) is 4.79 Å². The summed E-state index contributed by atoms with van der Waals surface area (Å²) in [6, 6.07) is 2.93. The van der Waals surface area contributed by atoms with E-state index in [1.54, 1.807) is 6.07 Å². The van der Waals surface area contributed by atoms with Crippen molar-refractivity contribution in [2.75, 3.05) is 0 Å². The van der Waals surface area contributed by atoms with Crippen molar-refractivity contribution in [1.82, 2.24) is 4.98 Å². The molecule has 0 aromatic carbocycles. The van der Waals surface area contributed by atoms with Crippen molar-refractivity contribution in [2.45, 2.75) is 6.54 Å². The molecule has 1 aromatic rings. The Kier molecular flexibility index (Phi) is 2.83. The van der Waals surface area contributed by atoms with Gasteiger partial charge in [0.2, 0.25) is 0 Å². The minimum Gasteiger partial charge on any atom is -0.477 e. The lowest BCUT2D eigenvalue weighted by Gasteiger charge is -1.95. The van der Waals surface area contributed by atoms with Gasteiger partial charge in [-0.2, -0.15) is 0 Å². The largest absolute Gasteiger partial charge is 0.477 e. The van der Waals surface area contributed by atoms with E-state index in [1.165, 1.54) is 12.3 Å². The van der Waals surface area contributed by atoms with E-state index >= 15 is 0 Å². The number of aromatic carboxylic acids is 1. The molecule has 1 N–H and O–H groups in total. The first-order valence-electron chi connectivity index (χ1n) is 3.43. The van der Waals surface area contributed by atoms with Crippen LogP contribution in [0.2, 0.25) is 0 Å². The summed E-state index contributed by atoms with van der Waals surface area (Å²) in [5, 5.41) is 11.8. The van der Waals surface area contributed by atoms with Crippen LogP contribution >= 0.6 is 0 Å². The zero-order chi connectivity index (χ0) is 9.68. The fourth-order valence-electron chi connectivity index (χ4n) is 0.758. The highest BCUT2D eigenvalue weighted by molar-refractivity contribution is 5.85. The van der Waals surface area contributed by atoms with Crippen molar-refractivity contribution in [3.8, 4) is 0 Å². The smallest absolute Gasteiger partial charge is 0.354 e. The van der Waals surface area contributed by atoms with Crippen LogP contribution in [0.15, 0.2) is 23.4 Å². The third-order valence-corrected chi connectivity index (χ3v) is 1.36. The second-order valence-corrected chi connectivity index (χ2v) is 2.25. The molecular weight excluding hydrogens is 172 g/mol. The third kappa shape index (κ3) is 2.46. The van der Waals surface area contributed by atoms with Crippen molar-refractivity contribution in [3.63, 3.8) is 0 Å². The molecule has 0 spiro atoms. The molecule has 0 bridgehead atoms. The van der Waals surface area contributed by atoms with Crippen LogP contribution < -0.4 is 0 Å². The fourth-order valence-corrected chi connectivity index (χ4v) is 0.758. The lowest BCUT2D eigenvalue weighted by atomic mass is 10.2. The number of pyridine rings is 1. The number of hydrogen-bond acceptors (Lipinski definition) is 3. The summed E-state index contributed by atoms with van der Waals surface area (Å²) < 4.78 is 0. The standard InChI is InChI=1S/C7H6N4O2/c8-11-10-4-5-1-2-6(7(12)13)9-3-5/h1-3H,4H2,(H,12,13). The maximum atomic E-state index is 10.4. The van der Waals surface area contributed by atoms with Crippen molar-refractivity contribution in [1.29, 1.82) is 0 Å². The van der Waals surface area contributed by atoms with Gasteiger partial charge in [-0.15, -0.1) is 0 Å². The Morgan fingerprint density at radius 3 is 2.92 bits per heavy atom. The van der Waals surface area contributed by atoms with Crippen LogP contribution in [-0.2, 0) is 6.54 Å². The fraction of sp³-hybridized carbons (Fsp3) is 0.143. The Morgan fingerprint density at radius 2 is 2.46 bits per heavy atom. The van der Waals surface area contributed by atoms with Gasteiger partial charge in [-0.25, -0.2) is 9.78 Å². The zero-order valence-corrected chi connectivity index (χ0v) is 6.58. The molecule has 0 aliphatic heterocycles. The molecule has 6 heteroatoms. The minimum absolute atomic E-state index is 0.0234. The van der Waals surface area contributed by atoms with Gasteiger partial charge in [0.05, 0.1) is 6.54 Å². The lowest BCUT2D eigenvalue weighted by molar-refractivity contribution is 0.0690. The van der Waals surface area contributed by atoms with Gasteiger partial charge < -0.3 is 5.11 Å². The molecule has 0 amide bonds. The number of hydrogen-bond donors (Lipinski definition) is 1. The Morgan fingerprint density at radius 1 is 1.69 bits per heavy atom. The van der Waals surface area contributed by atoms with Gasteiger partial charge in [-0.1, -0.05) is 11.2 Å². The highest BCUT2D eigenvalue weighted by Gasteiger charge is 2.02. The highest BCUT2D eigenvalue weighted by Crippen LogP contribution is 2.01. The van der Waals surface area contributed by atoms with E-state index < -0.39 is 5.97 Å². The van der Waals surface area contributed by atoms with E-state index in [4.69, 9.17) is 10.6 Å². The highest BCUT2D eigenvalue weighted by atomic mass is 16.4. The lowest BCUT2D eigenvalue weighted by Crippen LogP contribution is -1.99. The predicted octanol–water partition coefficient (Wildman–Crippen LogP) is 1.59. The van der Waals surface area contributed by atoms with Crippen molar-refractivity contribution < 1.29 is 9.90 Å². The van der Waals surface area contributed by atoms with Crippen LogP contribution in [-0.4, -0.2) is 16.1 Å². The average Bonchev–Trinajstić information content (AvgIpc) is 2.15. The Labute approximate surface area is 73.5 Å². The van der Waals surface area contributed by atoms with Gasteiger partial charge in [-0.3, -0.25) is 0 Å². The van der Waals surface area contributed by atoms with Crippen molar-refractivity contribution >= 4 is 5.97 Å². The molecule has 1 rings (SSSR count). The Bertz CT molecular complexity index is 353. The summed E-state index contributed by atoms with van der Waals surface area (Å²) in [5.41, 5.74) is 8.67. The first-order valence-corrected chi connectivity index (χ1v) is 3.43. The van der Waals surface area contributed by atoms with Crippen LogP contribution in [0.1, 0.15) is 16.1 Å². The van der Waals surface area contributed by atoms with Crippen LogP contribution in [0.25, 0.3) is 10.4 Å². The monoisotopic (exact) mass is 178 g/mol. The van der Waals surface area contributed by atoms with Crippen LogP contribution in [0.5, 0.6) is 0 Å². The second-order valence-electron chi connectivity index (χ2n) is 2.25. The topological polar surface area (TPSA) is 99.0 Å². The average molecular weight is 178 g/mol. The molecule has 6 nitrogen and oxygen atoms in total. The normalized spacial score (nSPS) is 8.92. The van der Waals surface area contributed by atoms with E-state index in [0.29, 0.717) is 5.56 Å². The molecule has 13 heavy (non-hydrogen) atoms. The molecule has 0 fully saturated rings. The van der Waals surface area contributed by atoms with Crippen LogP contribution in [0.4, 0.5) is 0 Å². The van der Waals surface area contributed by atoms with Gasteiger partial charge in [0.1, 0.15) is 5.69 Å². The van der Waals surface area contributed by atoms with Crippen LogP contribution in [0, 0.1) is 0 Å². The number of rotatable bonds is 3. The first-order chi connectivity index (χ1) is 6.24. The predicted molar refractivity (Wildman–Crippen MR) is 44.0 cm³/mol. The summed E-state index contributed by atoms with van der Waals surface area (Å²) in [6.07, 6.45) is 1.37. The van der Waals surface area contributed by atoms with E-state index in [-0.39, 0.29) is 12.2 Å². The number of carboxylic acid groups (broad SMARTS) is 1. The number of carboxylic acids is 1. The van der Waals surface area contributed by atoms with E-state index in [0.717, 1.165) is 0 Å². The Balaban J connectivity index is 2.80. The van der Waals surface area contributed by atoms with Crippen LogP contribution in [0.3, 0.4) is 0 Å². The SMILES string of the molecule is [N-]=[N+]=NCc1ccc(C(=O)O)nc1. The molecule has 0 saturated heterocycles. The molecule has 0 radical (unpaired) electrons. The summed E-state index contributed by atoms with van der Waals surface area (Å²) in [6.45, 7) is 0.184. The first kappa shape index (κ1) is 9.02. The second kappa shape index (κ2) is 4.08. The number of azide groups is 1. The summed E-state index contributed by atoms with van der Waals surface area (Å²) in [4.78, 5) is 16.6. The van der Waals surface area contributed by atoms with E-state index in [2.05, 4.69) is 15.0 Å². The quantitative estimate of drug-likeness (QED) is 0.432. The molecule has 0 aliphatic rings. The molecule has 0 atom stereocenters. The number of carbonyl (C=O) groups is 1. The number of aromatic nitrogens is 1. The molecule has 66 valence electrons. The maximum absolute atomic E-state index is 10.4. The summed E-state index contributed by atoms with van der Waals surface area (Å²) in [5.74, 6) is -1.07. The van der Waals surface area contributed by atoms with Gasteiger partial charge in [0.25, 0.3) is 0 Å². The molecule has 1 heterocycles. The number of nitrogens with zero attached hydrogens (tertiary/aromatic N) is 4. The molecule has 0 aliphatic carbocycles. The summed E-state index contributed by atoms with van der Waals surface area (Å²) in [7, 11) is 0. The van der Waals surface area contributed by atoms with Gasteiger partial charge in [-0.05, 0) is 17.2 Å². The molecule has 0 saturated carbocycles. The van der Waals surface area contributed by atoms with Crippen molar-refractivity contribution in [3.05, 3.63) is 40.0 Å².